The van der Waals surface area contributed by atoms with E-state index in [-0.39, 0.29) is 11.8 Å². The molecule has 0 unspecified atom stereocenters. The molecular weight excluding hydrogens is 344 g/mol. The van der Waals surface area contributed by atoms with Crippen molar-refractivity contribution < 1.29 is 14.3 Å². The predicted octanol–water partition coefficient (Wildman–Crippen LogP) is 2.22. The van der Waals surface area contributed by atoms with E-state index < -0.39 is 0 Å². The average Bonchev–Trinajstić information content (AvgIpc) is 3.14. The molecule has 2 heterocycles. The van der Waals surface area contributed by atoms with Gasteiger partial charge >= 0.3 is 0 Å². The Hall–Kier alpha value is -3.19. The third-order valence-corrected chi connectivity index (χ3v) is 4.62. The van der Waals surface area contributed by atoms with Crippen LogP contribution in [0.15, 0.2) is 48.5 Å². The lowest BCUT2D eigenvalue weighted by atomic mass is 10.1. The Morgan fingerprint density at radius 2 is 1.81 bits per heavy atom. The molecule has 3 aromatic rings. The van der Waals surface area contributed by atoms with Gasteiger partial charge in [-0.2, -0.15) is 5.10 Å². The minimum atomic E-state index is -0.274. The summed E-state index contributed by atoms with van der Waals surface area (Å²) in [6.45, 7) is 2.48. The molecule has 0 atom stereocenters. The van der Waals surface area contributed by atoms with E-state index in [2.05, 4.69) is 15.5 Å². The molecule has 7 heteroatoms. The van der Waals surface area contributed by atoms with Gasteiger partial charge in [0.25, 0.3) is 5.91 Å². The number of nitrogens with zero attached hydrogens (tertiary/aromatic N) is 2. The normalized spacial score (nSPS) is 14.3. The third kappa shape index (κ3) is 3.83. The van der Waals surface area contributed by atoms with E-state index in [1.165, 1.54) is 0 Å². The van der Waals surface area contributed by atoms with Crippen molar-refractivity contribution in [2.45, 2.75) is 6.42 Å². The Balaban J connectivity index is 1.40. The fourth-order valence-electron chi connectivity index (χ4n) is 3.13. The maximum Gasteiger partial charge on any atom is 0.276 e. The number of ether oxygens (including phenoxy) is 1. The molecule has 0 radical (unpaired) electrons. The number of anilines is 1. The Morgan fingerprint density at radius 1 is 1.07 bits per heavy atom. The quantitative estimate of drug-likeness (QED) is 0.743. The van der Waals surface area contributed by atoms with Crippen LogP contribution < -0.4 is 5.32 Å². The monoisotopic (exact) mass is 364 g/mol. The first-order chi connectivity index (χ1) is 13.2. The second-order valence-corrected chi connectivity index (χ2v) is 6.44. The van der Waals surface area contributed by atoms with Crippen LogP contribution in [0.1, 0.15) is 16.1 Å². The summed E-state index contributed by atoms with van der Waals surface area (Å²) >= 11 is 0. The maximum atomic E-state index is 12.5. The Labute approximate surface area is 156 Å². The lowest BCUT2D eigenvalue weighted by Gasteiger charge is -2.26. The van der Waals surface area contributed by atoms with Crippen molar-refractivity contribution in [2.75, 3.05) is 31.6 Å². The van der Waals surface area contributed by atoms with E-state index >= 15 is 0 Å². The van der Waals surface area contributed by atoms with Crippen molar-refractivity contribution in [3.05, 3.63) is 59.8 Å². The summed E-state index contributed by atoms with van der Waals surface area (Å²) in [7, 11) is 0. The molecule has 4 rings (SSSR count). The number of fused-ring (bicyclic) bond motifs is 1. The third-order valence-electron chi connectivity index (χ3n) is 4.62. The highest BCUT2D eigenvalue weighted by Gasteiger charge is 2.17. The van der Waals surface area contributed by atoms with Crippen molar-refractivity contribution in [2.24, 2.45) is 0 Å². The Kier molecular flexibility index (Phi) is 4.84. The van der Waals surface area contributed by atoms with Crippen LogP contribution in [-0.2, 0) is 16.0 Å². The zero-order valence-electron chi connectivity index (χ0n) is 14.8. The van der Waals surface area contributed by atoms with Crippen LogP contribution in [0.4, 0.5) is 5.69 Å². The number of rotatable bonds is 4. The largest absolute Gasteiger partial charge is 0.378 e. The Bertz CT molecular complexity index is 959. The second-order valence-electron chi connectivity index (χ2n) is 6.44. The average molecular weight is 364 g/mol. The first kappa shape index (κ1) is 17.2. The fourth-order valence-corrected chi connectivity index (χ4v) is 3.13. The minimum Gasteiger partial charge on any atom is -0.378 e. The molecule has 1 aliphatic heterocycles. The number of carbonyl (C=O) groups excluding carboxylic acids is 2. The van der Waals surface area contributed by atoms with Gasteiger partial charge in [0.15, 0.2) is 5.69 Å². The second kappa shape index (κ2) is 7.59. The lowest BCUT2D eigenvalue weighted by molar-refractivity contribution is -0.134. The van der Waals surface area contributed by atoms with Gasteiger partial charge in [0.05, 0.1) is 25.2 Å². The first-order valence-electron chi connectivity index (χ1n) is 8.89. The number of aromatic amines is 1. The number of amides is 2. The summed E-state index contributed by atoms with van der Waals surface area (Å²) in [6.07, 6.45) is 0.345. The van der Waals surface area contributed by atoms with Crippen molar-refractivity contribution in [3.63, 3.8) is 0 Å². The van der Waals surface area contributed by atoms with Crippen molar-refractivity contribution >= 4 is 28.4 Å². The summed E-state index contributed by atoms with van der Waals surface area (Å²) in [4.78, 5) is 26.6. The van der Waals surface area contributed by atoms with Gasteiger partial charge in [0, 0.05) is 24.2 Å². The number of H-pyrrole nitrogens is 1. The zero-order chi connectivity index (χ0) is 18.6. The van der Waals surface area contributed by atoms with Gasteiger partial charge in [0.1, 0.15) is 0 Å². The van der Waals surface area contributed by atoms with Crippen LogP contribution in [0.25, 0.3) is 10.9 Å². The van der Waals surface area contributed by atoms with Crippen molar-refractivity contribution in [1.29, 1.82) is 0 Å². The lowest BCUT2D eigenvalue weighted by Crippen LogP contribution is -2.41. The number of morpholine rings is 1. The van der Waals surface area contributed by atoms with Gasteiger partial charge < -0.3 is 15.0 Å². The Morgan fingerprint density at radius 3 is 2.59 bits per heavy atom. The highest BCUT2D eigenvalue weighted by molar-refractivity contribution is 6.11. The number of para-hydroxylation sites is 1. The van der Waals surface area contributed by atoms with E-state index in [9.17, 15) is 9.59 Å². The molecule has 0 saturated carbocycles. The molecule has 1 aromatic heterocycles. The number of carbonyl (C=O) groups is 2. The molecule has 138 valence electrons. The molecule has 1 fully saturated rings. The summed E-state index contributed by atoms with van der Waals surface area (Å²) in [5.41, 5.74) is 2.75. The molecule has 7 nitrogen and oxygen atoms in total. The van der Waals surface area contributed by atoms with E-state index in [0.717, 1.165) is 16.5 Å². The summed E-state index contributed by atoms with van der Waals surface area (Å²) in [5.74, 6) is -0.178. The smallest absolute Gasteiger partial charge is 0.276 e. The van der Waals surface area contributed by atoms with Crippen LogP contribution in [-0.4, -0.2) is 53.2 Å². The molecule has 1 aliphatic rings. The van der Waals surface area contributed by atoms with Crippen LogP contribution in [0.5, 0.6) is 0 Å². The molecule has 0 bridgehead atoms. The van der Waals surface area contributed by atoms with Gasteiger partial charge in [-0.1, -0.05) is 30.3 Å². The van der Waals surface area contributed by atoms with Crippen LogP contribution in [0.3, 0.4) is 0 Å². The molecule has 27 heavy (non-hydrogen) atoms. The summed E-state index contributed by atoms with van der Waals surface area (Å²) in [6, 6.07) is 14.8. The fraction of sp³-hybridized carbons (Fsp3) is 0.250. The molecule has 2 aromatic carbocycles. The number of hydrogen-bond donors (Lipinski definition) is 2. The highest BCUT2D eigenvalue weighted by atomic mass is 16.5. The van der Waals surface area contributed by atoms with E-state index in [4.69, 9.17) is 4.74 Å². The van der Waals surface area contributed by atoms with Crippen LogP contribution in [0.2, 0.25) is 0 Å². The SMILES string of the molecule is O=C(Nc1ccc(CC(=O)N2CCOCC2)cc1)c1n[nH]c2ccccc12. The number of benzene rings is 2. The van der Waals surface area contributed by atoms with E-state index in [0.29, 0.717) is 44.1 Å². The van der Waals surface area contributed by atoms with Gasteiger partial charge in [-0.3, -0.25) is 14.7 Å². The molecule has 0 aliphatic carbocycles. The van der Waals surface area contributed by atoms with Crippen molar-refractivity contribution in [1.82, 2.24) is 15.1 Å². The molecule has 1 saturated heterocycles. The topological polar surface area (TPSA) is 87.3 Å². The number of aromatic nitrogens is 2. The highest BCUT2D eigenvalue weighted by Crippen LogP contribution is 2.17. The maximum absolute atomic E-state index is 12.5. The van der Waals surface area contributed by atoms with Gasteiger partial charge in [0.2, 0.25) is 5.91 Å². The molecule has 0 spiro atoms. The van der Waals surface area contributed by atoms with E-state index in [1.807, 2.05) is 41.3 Å². The van der Waals surface area contributed by atoms with E-state index in [1.54, 1.807) is 12.1 Å². The predicted molar refractivity (Wildman–Crippen MR) is 102 cm³/mol. The van der Waals surface area contributed by atoms with Gasteiger partial charge in [-0.05, 0) is 23.8 Å². The van der Waals surface area contributed by atoms with Crippen LogP contribution >= 0.6 is 0 Å². The molecular formula is C20H20N4O3. The zero-order valence-corrected chi connectivity index (χ0v) is 14.8. The summed E-state index contributed by atoms with van der Waals surface area (Å²) < 4.78 is 5.27. The molecule has 2 amide bonds. The number of hydrogen-bond acceptors (Lipinski definition) is 4. The standard InChI is InChI=1S/C20H20N4O3/c25-18(24-9-11-27-12-10-24)13-14-5-7-15(8-6-14)21-20(26)19-16-3-1-2-4-17(16)22-23-19/h1-8H,9-13H2,(H,21,26)(H,22,23). The molecule has 2 N–H and O–H groups in total. The number of nitrogens with one attached hydrogen (secondary N) is 2. The van der Waals surface area contributed by atoms with Crippen molar-refractivity contribution in [3.8, 4) is 0 Å². The van der Waals surface area contributed by atoms with Gasteiger partial charge in [-0.15, -0.1) is 0 Å². The van der Waals surface area contributed by atoms with Crippen LogP contribution in [0, 0.1) is 0 Å². The minimum absolute atomic E-state index is 0.0954. The van der Waals surface area contributed by atoms with Gasteiger partial charge in [-0.25, -0.2) is 0 Å². The first-order valence-corrected chi connectivity index (χ1v) is 8.89. The summed E-state index contributed by atoms with van der Waals surface area (Å²) in [5, 5.41) is 10.6.